The normalized spacial score (nSPS) is 16.9. The zero-order chi connectivity index (χ0) is 19.4. The lowest BCUT2D eigenvalue weighted by molar-refractivity contribution is -0.145. The molecule has 1 N–H and O–H groups in total. The molecule has 27 heavy (non-hydrogen) atoms. The molecular weight excluding hydrogens is 366 g/mol. The first-order valence-corrected chi connectivity index (χ1v) is 9.93. The molecule has 1 aliphatic rings. The number of carbonyl (C=O) groups is 2. The lowest BCUT2D eigenvalue weighted by atomic mass is 9.98. The lowest BCUT2D eigenvalue weighted by Gasteiger charge is -2.30. The minimum Gasteiger partial charge on any atom is -0.481 e. The van der Waals surface area contributed by atoms with Gasteiger partial charge >= 0.3 is 5.97 Å². The number of carbonyl (C=O) groups excluding carboxylic acids is 1. The highest BCUT2D eigenvalue weighted by molar-refractivity contribution is 7.98. The van der Waals surface area contributed by atoms with Crippen LogP contribution in [0, 0.1) is 5.92 Å². The van der Waals surface area contributed by atoms with E-state index in [1.807, 2.05) is 30.5 Å². The predicted octanol–water partition coefficient (Wildman–Crippen LogP) is 1.96. The number of carboxylic acid groups (broad SMARTS) is 1. The van der Waals surface area contributed by atoms with E-state index in [0.29, 0.717) is 25.1 Å². The number of piperidine rings is 1. The maximum absolute atomic E-state index is 12.5. The molecule has 1 amide bonds. The van der Waals surface area contributed by atoms with Crippen LogP contribution in [0.5, 0.6) is 0 Å². The van der Waals surface area contributed by atoms with Crippen LogP contribution in [0.15, 0.2) is 46.1 Å². The third kappa shape index (κ3) is 4.57. The van der Waals surface area contributed by atoms with Gasteiger partial charge < -0.3 is 10.0 Å². The summed E-state index contributed by atoms with van der Waals surface area (Å²) in [7, 11) is 0. The fourth-order valence-corrected chi connectivity index (χ4v) is 3.52. The van der Waals surface area contributed by atoms with Gasteiger partial charge in [0.05, 0.1) is 11.6 Å². The second-order valence-electron chi connectivity index (χ2n) is 6.46. The molecule has 142 valence electrons. The Balaban J connectivity index is 1.77. The summed E-state index contributed by atoms with van der Waals surface area (Å²) < 4.78 is 1.14. The quantitative estimate of drug-likeness (QED) is 0.789. The number of thioether (sulfide) groups is 1. The van der Waals surface area contributed by atoms with Crippen molar-refractivity contribution in [1.29, 1.82) is 0 Å². The fourth-order valence-electron chi connectivity index (χ4n) is 3.11. The topological polar surface area (TPSA) is 92.5 Å². The van der Waals surface area contributed by atoms with E-state index in [1.54, 1.807) is 17.8 Å². The van der Waals surface area contributed by atoms with E-state index in [1.165, 1.54) is 11.0 Å². The van der Waals surface area contributed by atoms with Gasteiger partial charge in [-0.15, -0.1) is 11.8 Å². The number of hydrogen-bond acceptors (Lipinski definition) is 5. The number of carboxylic acids is 1. The molecule has 3 rings (SSSR count). The summed E-state index contributed by atoms with van der Waals surface area (Å²) >= 11 is 1.64. The average Bonchev–Trinajstić information content (AvgIpc) is 2.69. The van der Waals surface area contributed by atoms with Gasteiger partial charge in [0.15, 0.2) is 0 Å². The van der Waals surface area contributed by atoms with Crippen LogP contribution in [0.3, 0.4) is 0 Å². The third-order valence-corrected chi connectivity index (χ3v) is 5.40. The van der Waals surface area contributed by atoms with Gasteiger partial charge in [0.25, 0.3) is 5.56 Å². The van der Waals surface area contributed by atoms with Crippen LogP contribution in [0.25, 0.3) is 11.3 Å². The molecule has 1 fully saturated rings. The first-order chi connectivity index (χ1) is 13.0. The van der Waals surface area contributed by atoms with Crippen LogP contribution >= 0.6 is 11.8 Å². The Kier molecular flexibility index (Phi) is 5.95. The molecule has 0 aliphatic carbocycles. The van der Waals surface area contributed by atoms with E-state index in [9.17, 15) is 14.4 Å². The zero-order valence-corrected chi connectivity index (χ0v) is 15.8. The Labute approximate surface area is 161 Å². The van der Waals surface area contributed by atoms with Crippen LogP contribution in [0.4, 0.5) is 0 Å². The molecule has 2 heterocycles. The summed E-state index contributed by atoms with van der Waals surface area (Å²) in [6.45, 7) is 0.494. The minimum atomic E-state index is -0.890. The summed E-state index contributed by atoms with van der Waals surface area (Å²) in [4.78, 5) is 38.5. The van der Waals surface area contributed by atoms with Gasteiger partial charge in [-0.2, -0.15) is 5.10 Å². The molecule has 8 heteroatoms. The van der Waals surface area contributed by atoms with Crippen molar-refractivity contribution in [2.24, 2.45) is 5.92 Å². The number of aliphatic carboxylic acids is 1. The van der Waals surface area contributed by atoms with Gasteiger partial charge in [-0.05, 0) is 37.3 Å². The van der Waals surface area contributed by atoms with E-state index in [0.717, 1.165) is 15.1 Å². The third-order valence-electron chi connectivity index (χ3n) is 4.66. The van der Waals surface area contributed by atoms with Crippen LogP contribution in [-0.4, -0.2) is 51.0 Å². The molecule has 1 aromatic carbocycles. The van der Waals surface area contributed by atoms with Crippen molar-refractivity contribution in [3.05, 3.63) is 46.8 Å². The SMILES string of the molecule is CSc1ccc(-c2ccc(=O)n(CC(=O)N3CCCC(C(=O)O)C3)n2)cc1. The highest BCUT2D eigenvalue weighted by Crippen LogP contribution is 2.21. The largest absolute Gasteiger partial charge is 0.481 e. The highest BCUT2D eigenvalue weighted by Gasteiger charge is 2.28. The van der Waals surface area contributed by atoms with Crippen LogP contribution in [0.2, 0.25) is 0 Å². The van der Waals surface area contributed by atoms with Gasteiger partial charge in [-0.25, -0.2) is 4.68 Å². The second-order valence-corrected chi connectivity index (χ2v) is 7.34. The molecule has 0 saturated carbocycles. The molecule has 1 aliphatic heterocycles. The van der Waals surface area contributed by atoms with E-state index < -0.39 is 11.9 Å². The number of nitrogens with zero attached hydrogens (tertiary/aromatic N) is 3. The molecule has 1 saturated heterocycles. The molecule has 0 bridgehead atoms. The van der Waals surface area contributed by atoms with Gasteiger partial charge in [0.1, 0.15) is 6.54 Å². The lowest BCUT2D eigenvalue weighted by Crippen LogP contribution is -2.44. The summed E-state index contributed by atoms with van der Waals surface area (Å²) in [5.74, 6) is -1.72. The number of aromatic nitrogens is 2. The molecule has 1 aromatic heterocycles. The van der Waals surface area contributed by atoms with Crippen LogP contribution < -0.4 is 5.56 Å². The predicted molar refractivity (Wildman–Crippen MR) is 103 cm³/mol. The van der Waals surface area contributed by atoms with Crippen LogP contribution in [0.1, 0.15) is 12.8 Å². The molecular formula is C19H21N3O4S. The molecule has 7 nitrogen and oxygen atoms in total. The van der Waals surface area contributed by atoms with Crippen molar-refractivity contribution >= 4 is 23.6 Å². The zero-order valence-electron chi connectivity index (χ0n) is 15.0. The monoisotopic (exact) mass is 387 g/mol. The van der Waals surface area contributed by atoms with Crippen molar-refractivity contribution in [3.63, 3.8) is 0 Å². The molecule has 0 radical (unpaired) electrons. The first kappa shape index (κ1) is 19.2. The second kappa shape index (κ2) is 8.39. The maximum atomic E-state index is 12.5. The molecule has 1 unspecified atom stereocenters. The summed E-state index contributed by atoms with van der Waals surface area (Å²) in [6.07, 6.45) is 3.21. The Morgan fingerprint density at radius 2 is 1.96 bits per heavy atom. The maximum Gasteiger partial charge on any atom is 0.308 e. The van der Waals surface area contributed by atoms with E-state index >= 15 is 0 Å². The van der Waals surface area contributed by atoms with E-state index in [2.05, 4.69) is 5.10 Å². The van der Waals surface area contributed by atoms with Crippen molar-refractivity contribution < 1.29 is 14.7 Å². The van der Waals surface area contributed by atoms with E-state index in [4.69, 9.17) is 5.11 Å². The standard InChI is InChI=1S/C19H21N3O4S/c1-27-15-6-4-13(5-7-15)16-8-9-17(23)22(20-16)12-18(24)21-10-2-3-14(11-21)19(25)26/h4-9,14H,2-3,10-12H2,1H3,(H,25,26). The van der Waals surface area contributed by atoms with Crippen molar-refractivity contribution in [1.82, 2.24) is 14.7 Å². The number of hydrogen-bond donors (Lipinski definition) is 1. The van der Waals surface area contributed by atoms with Gasteiger partial charge in [0, 0.05) is 29.6 Å². The van der Waals surface area contributed by atoms with Gasteiger partial charge in [0.2, 0.25) is 5.91 Å². The highest BCUT2D eigenvalue weighted by atomic mass is 32.2. The smallest absolute Gasteiger partial charge is 0.308 e. The average molecular weight is 387 g/mol. The fraction of sp³-hybridized carbons (Fsp3) is 0.368. The van der Waals surface area contributed by atoms with Crippen molar-refractivity contribution in [2.45, 2.75) is 24.3 Å². The molecule has 0 spiro atoms. The summed E-state index contributed by atoms with van der Waals surface area (Å²) in [6, 6.07) is 10.8. The Bertz CT molecular complexity index is 895. The van der Waals surface area contributed by atoms with Gasteiger partial charge in [-0.3, -0.25) is 14.4 Å². The van der Waals surface area contributed by atoms with Crippen molar-refractivity contribution in [3.8, 4) is 11.3 Å². The summed E-state index contributed by atoms with van der Waals surface area (Å²) in [5, 5.41) is 13.5. The summed E-state index contributed by atoms with van der Waals surface area (Å²) in [5.41, 5.74) is 1.11. The molecule has 2 aromatic rings. The number of amides is 1. The Morgan fingerprint density at radius 3 is 2.63 bits per heavy atom. The Hall–Kier alpha value is -2.61. The van der Waals surface area contributed by atoms with Gasteiger partial charge in [-0.1, -0.05) is 12.1 Å². The Morgan fingerprint density at radius 1 is 1.22 bits per heavy atom. The number of benzene rings is 1. The number of likely N-dealkylation sites (tertiary alicyclic amines) is 1. The minimum absolute atomic E-state index is 0.179. The van der Waals surface area contributed by atoms with E-state index in [-0.39, 0.29) is 24.6 Å². The molecule has 1 atom stereocenters. The van der Waals surface area contributed by atoms with Crippen LogP contribution in [-0.2, 0) is 16.1 Å². The number of rotatable bonds is 5. The van der Waals surface area contributed by atoms with Crippen molar-refractivity contribution in [2.75, 3.05) is 19.3 Å². The first-order valence-electron chi connectivity index (χ1n) is 8.71.